The van der Waals surface area contributed by atoms with Gasteiger partial charge in [-0.1, -0.05) is 12.2 Å². The molecule has 1 aliphatic rings. The molecule has 0 atom stereocenters. The van der Waals surface area contributed by atoms with E-state index in [0.29, 0.717) is 0 Å². The van der Waals surface area contributed by atoms with Gasteiger partial charge in [0.05, 0.1) is 13.2 Å². The first-order chi connectivity index (χ1) is 5.43. The summed E-state index contributed by atoms with van der Waals surface area (Å²) in [6.45, 7) is 4.95. The van der Waals surface area contributed by atoms with Gasteiger partial charge in [0.2, 0.25) is 0 Å². The molecule has 11 heavy (non-hydrogen) atoms. The van der Waals surface area contributed by atoms with Gasteiger partial charge in [-0.15, -0.1) is 0 Å². The maximum atomic E-state index is 5.23. The van der Waals surface area contributed by atoms with Crippen molar-refractivity contribution in [2.24, 2.45) is 0 Å². The quantitative estimate of drug-likeness (QED) is 0.501. The fraction of sp³-hybridized carbons (Fsp3) is 0.750. The summed E-state index contributed by atoms with van der Waals surface area (Å²) in [4.78, 5) is 2.38. The average molecular weight is 173 g/mol. The second kappa shape index (κ2) is 5.63. The Kier molecular flexibility index (Phi) is 4.66. The molecule has 0 bridgehead atoms. The lowest BCUT2D eigenvalue weighted by Crippen LogP contribution is -2.36. The summed E-state index contributed by atoms with van der Waals surface area (Å²) in [6, 6.07) is 0. The molecule has 64 valence electrons. The number of hydrogen-bond donors (Lipinski definition) is 1. The van der Waals surface area contributed by atoms with Gasteiger partial charge in [-0.3, -0.25) is 4.90 Å². The van der Waals surface area contributed by atoms with Crippen LogP contribution in [0.4, 0.5) is 0 Å². The summed E-state index contributed by atoms with van der Waals surface area (Å²) in [6.07, 6.45) is 4.25. The smallest absolute Gasteiger partial charge is 0.0594 e. The van der Waals surface area contributed by atoms with Gasteiger partial charge in [0.15, 0.2) is 0 Å². The largest absolute Gasteiger partial charge is 0.379 e. The number of ether oxygens (including phenoxy) is 1. The highest BCUT2D eigenvalue weighted by Gasteiger charge is 2.06. The van der Waals surface area contributed by atoms with Crippen molar-refractivity contribution in [1.29, 1.82) is 0 Å². The van der Waals surface area contributed by atoms with Crippen LogP contribution in [0.5, 0.6) is 0 Å². The van der Waals surface area contributed by atoms with Crippen molar-refractivity contribution in [2.45, 2.75) is 0 Å². The van der Waals surface area contributed by atoms with E-state index in [9.17, 15) is 0 Å². The van der Waals surface area contributed by atoms with E-state index in [4.69, 9.17) is 4.74 Å². The van der Waals surface area contributed by atoms with Gasteiger partial charge in [-0.05, 0) is 0 Å². The van der Waals surface area contributed by atoms with Crippen LogP contribution in [0.3, 0.4) is 0 Å². The molecule has 0 aromatic carbocycles. The van der Waals surface area contributed by atoms with Crippen LogP contribution in [-0.4, -0.2) is 43.5 Å². The minimum absolute atomic E-state index is 0.838. The third-order valence-electron chi connectivity index (χ3n) is 1.74. The van der Waals surface area contributed by atoms with Gasteiger partial charge in [-0.25, -0.2) is 0 Å². The summed E-state index contributed by atoms with van der Waals surface area (Å²) in [5, 5.41) is 0. The van der Waals surface area contributed by atoms with Crippen molar-refractivity contribution in [1.82, 2.24) is 4.90 Å². The molecule has 1 fully saturated rings. The second-order valence-electron chi connectivity index (χ2n) is 2.57. The van der Waals surface area contributed by atoms with E-state index >= 15 is 0 Å². The van der Waals surface area contributed by atoms with Gasteiger partial charge in [-0.2, -0.15) is 12.6 Å². The van der Waals surface area contributed by atoms with Gasteiger partial charge >= 0.3 is 0 Å². The maximum absolute atomic E-state index is 5.23. The molecule has 1 rings (SSSR count). The number of morpholine rings is 1. The maximum Gasteiger partial charge on any atom is 0.0594 e. The van der Waals surface area contributed by atoms with Crippen LogP contribution in [0.15, 0.2) is 12.2 Å². The Morgan fingerprint density at radius 1 is 1.27 bits per heavy atom. The molecule has 0 aromatic rings. The van der Waals surface area contributed by atoms with Crippen LogP contribution >= 0.6 is 12.6 Å². The van der Waals surface area contributed by atoms with Crippen LogP contribution in [0.1, 0.15) is 0 Å². The molecule has 1 heterocycles. The fourth-order valence-corrected chi connectivity index (χ4v) is 1.23. The van der Waals surface area contributed by atoms with Gasteiger partial charge in [0, 0.05) is 25.4 Å². The van der Waals surface area contributed by atoms with E-state index in [1.165, 1.54) is 0 Å². The minimum Gasteiger partial charge on any atom is -0.379 e. The van der Waals surface area contributed by atoms with Crippen LogP contribution in [0, 0.1) is 0 Å². The van der Waals surface area contributed by atoms with E-state index in [0.717, 1.165) is 38.6 Å². The number of rotatable bonds is 3. The van der Waals surface area contributed by atoms with E-state index in [1.54, 1.807) is 0 Å². The highest BCUT2D eigenvalue weighted by Crippen LogP contribution is 1.95. The predicted molar refractivity (Wildman–Crippen MR) is 50.3 cm³/mol. The zero-order chi connectivity index (χ0) is 7.94. The molecule has 1 saturated heterocycles. The molecule has 0 aromatic heterocycles. The highest BCUT2D eigenvalue weighted by atomic mass is 32.1. The lowest BCUT2D eigenvalue weighted by atomic mass is 10.4. The van der Waals surface area contributed by atoms with Crippen LogP contribution < -0.4 is 0 Å². The van der Waals surface area contributed by atoms with Crippen LogP contribution in [0.2, 0.25) is 0 Å². The van der Waals surface area contributed by atoms with E-state index < -0.39 is 0 Å². The van der Waals surface area contributed by atoms with E-state index in [1.807, 2.05) is 0 Å². The third kappa shape index (κ3) is 3.79. The van der Waals surface area contributed by atoms with E-state index in [2.05, 4.69) is 29.7 Å². The molecule has 0 aliphatic carbocycles. The number of thiol groups is 1. The molecule has 0 unspecified atom stereocenters. The van der Waals surface area contributed by atoms with Crippen molar-refractivity contribution >= 4 is 12.6 Å². The van der Waals surface area contributed by atoms with Gasteiger partial charge in [0.1, 0.15) is 0 Å². The van der Waals surface area contributed by atoms with Crippen molar-refractivity contribution in [3.63, 3.8) is 0 Å². The Morgan fingerprint density at radius 2 is 2.00 bits per heavy atom. The summed E-state index contributed by atoms with van der Waals surface area (Å²) in [5.41, 5.74) is 0. The average Bonchev–Trinajstić information content (AvgIpc) is 2.07. The lowest BCUT2D eigenvalue weighted by Gasteiger charge is -2.25. The molecule has 2 nitrogen and oxygen atoms in total. The Balaban J connectivity index is 2.09. The van der Waals surface area contributed by atoms with E-state index in [-0.39, 0.29) is 0 Å². The SMILES string of the molecule is SC/C=C/CN1CCOCC1. The van der Waals surface area contributed by atoms with Crippen molar-refractivity contribution < 1.29 is 4.74 Å². The molecule has 1 aliphatic heterocycles. The molecular weight excluding hydrogens is 158 g/mol. The van der Waals surface area contributed by atoms with Crippen molar-refractivity contribution in [2.75, 3.05) is 38.6 Å². The summed E-state index contributed by atoms with van der Waals surface area (Å²) in [7, 11) is 0. The number of nitrogens with zero attached hydrogens (tertiary/aromatic N) is 1. The molecule has 0 amide bonds. The molecule has 3 heteroatoms. The topological polar surface area (TPSA) is 12.5 Å². The highest BCUT2D eigenvalue weighted by molar-refractivity contribution is 7.80. The summed E-state index contributed by atoms with van der Waals surface area (Å²) < 4.78 is 5.23. The third-order valence-corrected chi connectivity index (χ3v) is 1.95. The Labute approximate surface area is 73.6 Å². The molecule has 0 saturated carbocycles. The first-order valence-electron chi connectivity index (χ1n) is 3.99. The Bertz CT molecular complexity index is 121. The molecule has 0 spiro atoms. The normalized spacial score (nSPS) is 21.2. The zero-order valence-corrected chi connectivity index (χ0v) is 7.59. The monoisotopic (exact) mass is 173 g/mol. The standard InChI is InChI=1S/C8H15NOS/c11-8-2-1-3-9-4-6-10-7-5-9/h1-2,11H,3-8H2/b2-1+. The van der Waals surface area contributed by atoms with Gasteiger partial charge in [0.25, 0.3) is 0 Å². The van der Waals surface area contributed by atoms with Gasteiger partial charge < -0.3 is 4.74 Å². The second-order valence-corrected chi connectivity index (χ2v) is 2.93. The summed E-state index contributed by atoms with van der Waals surface area (Å²) in [5.74, 6) is 0.838. The van der Waals surface area contributed by atoms with Crippen molar-refractivity contribution in [3.8, 4) is 0 Å². The van der Waals surface area contributed by atoms with Crippen LogP contribution in [0.25, 0.3) is 0 Å². The fourth-order valence-electron chi connectivity index (χ4n) is 1.08. The zero-order valence-electron chi connectivity index (χ0n) is 6.70. The first kappa shape index (κ1) is 9.10. The molecule has 0 N–H and O–H groups in total. The Morgan fingerprint density at radius 3 is 2.64 bits per heavy atom. The van der Waals surface area contributed by atoms with Crippen molar-refractivity contribution in [3.05, 3.63) is 12.2 Å². The minimum atomic E-state index is 0.838. The lowest BCUT2D eigenvalue weighted by molar-refractivity contribution is 0.0434. The molecule has 0 radical (unpaired) electrons. The summed E-state index contributed by atoms with van der Waals surface area (Å²) >= 11 is 4.09. The predicted octanol–water partition coefficient (Wildman–Crippen LogP) is 0.805. The van der Waals surface area contributed by atoms with Crippen LogP contribution in [-0.2, 0) is 4.74 Å². The number of hydrogen-bond acceptors (Lipinski definition) is 3. The first-order valence-corrected chi connectivity index (χ1v) is 4.62. The molecular formula is C8H15NOS. The Hall–Kier alpha value is 0.01000.